The van der Waals surface area contributed by atoms with Crippen LogP contribution in [-0.2, 0) is 11.4 Å². The predicted molar refractivity (Wildman–Crippen MR) is 121 cm³/mol. The maximum atomic E-state index is 11.9. The van der Waals surface area contributed by atoms with Crippen LogP contribution in [0.15, 0.2) is 84.0 Å². The van der Waals surface area contributed by atoms with Crippen LogP contribution < -0.4 is 15.5 Å². The topological polar surface area (TPSA) is 62.7 Å². The molecular weight excluding hydrogens is 465 g/mol. The molecule has 1 amide bonds. The number of carbonyl (C=O) groups is 1. The number of amides is 1. The fourth-order valence-electron chi connectivity index (χ4n) is 2.39. The highest BCUT2D eigenvalue weighted by atomic mass is 127. The first-order valence-electron chi connectivity index (χ1n) is 8.77. The second-order valence-corrected chi connectivity index (χ2v) is 7.25. The Kier molecular flexibility index (Phi) is 7.43. The molecule has 0 fully saturated rings. The first-order valence-corrected chi connectivity index (χ1v) is 9.85. The maximum absolute atomic E-state index is 11.9. The third kappa shape index (κ3) is 6.70. The Hall–Kier alpha value is -2.87. The van der Waals surface area contributed by atoms with Crippen LogP contribution in [0.5, 0.6) is 5.75 Å². The number of anilines is 1. The third-order valence-electron chi connectivity index (χ3n) is 3.81. The van der Waals surface area contributed by atoms with Crippen LogP contribution >= 0.6 is 22.6 Å². The second-order valence-electron chi connectivity index (χ2n) is 6.00. The van der Waals surface area contributed by atoms with Crippen LogP contribution in [0, 0.1) is 3.57 Å². The van der Waals surface area contributed by atoms with Gasteiger partial charge in [-0.25, -0.2) is 5.43 Å². The van der Waals surface area contributed by atoms with E-state index in [0.29, 0.717) is 6.61 Å². The van der Waals surface area contributed by atoms with Crippen molar-refractivity contribution in [3.05, 3.63) is 93.6 Å². The third-order valence-corrected chi connectivity index (χ3v) is 4.53. The Labute approximate surface area is 178 Å². The average molecular weight is 485 g/mol. The lowest BCUT2D eigenvalue weighted by Crippen LogP contribution is -2.25. The van der Waals surface area contributed by atoms with Crippen LogP contribution in [0.1, 0.15) is 11.1 Å². The number of nitrogens with one attached hydrogen (secondary N) is 2. The zero-order valence-corrected chi connectivity index (χ0v) is 17.3. The van der Waals surface area contributed by atoms with Crippen molar-refractivity contribution < 1.29 is 9.53 Å². The standard InChI is InChI=1S/C22H20IN3O2/c23-19-9-11-20(12-10-19)24-15-22(27)26-25-14-18-7-4-8-21(13-18)28-16-17-5-2-1-3-6-17/h1-14,24H,15-16H2,(H,26,27)/b25-14-. The molecule has 3 aromatic carbocycles. The van der Waals surface area contributed by atoms with E-state index in [1.165, 1.54) is 0 Å². The summed E-state index contributed by atoms with van der Waals surface area (Å²) >= 11 is 2.24. The Morgan fingerprint density at radius 1 is 1.00 bits per heavy atom. The summed E-state index contributed by atoms with van der Waals surface area (Å²) in [4.78, 5) is 11.9. The monoisotopic (exact) mass is 485 g/mol. The molecule has 0 spiro atoms. The van der Waals surface area contributed by atoms with Gasteiger partial charge in [0.2, 0.25) is 0 Å². The van der Waals surface area contributed by atoms with Gasteiger partial charge in [-0.05, 0) is 70.1 Å². The molecule has 0 radical (unpaired) electrons. The smallest absolute Gasteiger partial charge is 0.259 e. The van der Waals surface area contributed by atoms with E-state index in [-0.39, 0.29) is 12.5 Å². The highest BCUT2D eigenvalue weighted by molar-refractivity contribution is 14.1. The van der Waals surface area contributed by atoms with Crippen LogP contribution in [0.2, 0.25) is 0 Å². The number of rotatable bonds is 8. The molecule has 0 heterocycles. The summed E-state index contributed by atoms with van der Waals surface area (Å²) in [5, 5.41) is 7.06. The fraction of sp³-hybridized carbons (Fsp3) is 0.0909. The number of nitrogens with zero attached hydrogens (tertiary/aromatic N) is 1. The average Bonchev–Trinajstić information content (AvgIpc) is 2.73. The van der Waals surface area contributed by atoms with Gasteiger partial charge >= 0.3 is 0 Å². The number of benzene rings is 3. The van der Waals surface area contributed by atoms with Gasteiger partial charge in [-0.15, -0.1) is 0 Å². The summed E-state index contributed by atoms with van der Waals surface area (Å²) in [7, 11) is 0. The van der Waals surface area contributed by atoms with Crippen molar-refractivity contribution in [3.63, 3.8) is 0 Å². The van der Waals surface area contributed by atoms with E-state index in [1.807, 2.05) is 78.9 Å². The van der Waals surface area contributed by atoms with E-state index in [4.69, 9.17) is 4.74 Å². The van der Waals surface area contributed by atoms with Gasteiger partial charge in [0.25, 0.3) is 5.91 Å². The molecule has 0 aliphatic heterocycles. The van der Waals surface area contributed by atoms with Crippen molar-refractivity contribution in [2.24, 2.45) is 5.10 Å². The molecule has 28 heavy (non-hydrogen) atoms. The number of hydrogen-bond donors (Lipinski definition) is 2. The molecule has 0 aliphatic carbocycles. The summed E-state index contributed by atoms with van der Waals surface area (Å²) in [5.41, 5.74) is 5.36. The van der Waals surface area contributed by atoms with Gasteiger partial charge in [-0.1, -0.05) is 42.5 Å². The normalized spacial score (nSPS) is 10.6. The molecule has 0 aromatic heterocycles. The molecule has 142 valence electrons. The quantitative estimate of drug-likeness (QED) is 0.282. The first kappa shape index (κ1) is 19.9. The van der Waals surface area contributed by atoms with Gasteiger partial charge in [-0.2, -0.15) is 5.10 Å². The zero-order chi connectivity index (χ0) is 19.6. The zero-order valence-electron chi connectivity index (χ0n) is 15.1. The van der Waals surface area contributed by atoms with Crippen LogP contribution in [0.3, 0.4) is 0 Å². The van der Waals surface area contributed by atoms with Crippen molar-refractivity contribution >= 4 is 40.4 Å². The molecule has 0 aliphatic rings. The van der Waals surface area contributed by atoms with Crippen molar-refractivity contribution in [2.75, 3.05) is 11.9 Å². The van der Waals surface area contributed by atoms with E-state index in [1.54, 1.807) is 6.21 Å². The molecule has 2 N–H and O–H groups in total. The SMILES string of the molecule is O=C(CNc1ccc(I)cc1)N/N=C\c1cccc(OCc2ccccc2)c1. The molecule has 3 aromatic rings. The number of ether oxygens (including phenoxy) is 1. The lowest BCUT2D eigenvalue weighted by Gasteiger charge is -2.07. The Morgan fingerprint density at radius 2 is 1.79 bits per heavy atom. The first-order chi connectivity index (χ1) is 13.7. The molecule has 3 rings (SSSR count). The number of carbonyl (C=O) groups excluding carboxylic acids is 1. The van der Waals surface area contributed by atoms with Gasteiger partial charge in [0.15, 0.2) is 0 Å². The van der Waals surface area contributed by atoms with Crippen molar-refractivity contribution in [3.8, 4) is 5.75 Å². The Balaban J connectivity index is 1.45. The summed E-state index contributed by atoms with van der Waals surface area (Å²) in [6, 6.07) is 25.4. The molecule has 6 heteroatoms. The summed E-state index contributed by atoms with van der Waals surface area (Å²) in [6.07, 6.45) is 1.60. The summed E-state index contributed by atoms with van der Waals surface area (Å²) in [5.74, 6) is 0.533. The van der Waals surface area contributed by atoms with Crippen LogP contribution in [0.25, 0.3) is 0 Å². The number of halogens is 1. The molecular formula is C22H20IN3O2. The van der Waals surface area contributed by atoms with Crippen LogP contribution in [-0.4, -0.2) is 18.7 Å². The van der Waals surface area contributed by atoms with Crippen LogP contribution in [0.4, 0.5) is 5.69 Å². The molecule has 5 nitrogen and oxygen atoms in total. The summed E-state index contributed by atoms with van der Waals surface area (Å²) in [6.45, 7) is 0.653. The minimum absolute atomic E-state index is 0.151. The molecule has 0 saturated heterocycles. The maximum Gasteiger partial charge on any atom is 0.259 e. The van der Waals surface area contributed by atoms with E-state index in [9.17, 15) is 4.79 Å². The Morgan fingerprint density at radius 3 is 2.57 bits per heavy atom. The number of hydrogen-bond acceptors (Lipinski definition) is 4. The minimum atomic E-state index is -0.216. The van der Waals surface area contributed by atoms with Crippen molar-refractivity contribution in [2.45, 2.75) is 6.61 Å². The Bertz CT molecular complexity index is 928. The van der Waals surface area contributed by atoms with Crippen molar-refractivity contribution in [1.29, 1.82) is 0 Å². The van der Waals surface area contributed by atoms with Gasteiger partial charge in [0.1, 0.15) is 12.4 Å². The predicted octanol–water partition coefficient (Wildman–Crippen LogP) is 4.43. The molecule has 0 bridgehead atoms. The lowest BCUT2D eigenvalue weighted by molar-refractivity contribution is -0.119. The fourth-order valence-corrected chi connectivity index (χ4v) is 2.75. The van der Waals surface area contributed by atoms with Gasteiger partial charge in [0, 0.05) is 9.26 Å². The van der Waals surface area contributed by atoms with Gasteiger partial charge < -0.3 is 10.1 Å². The van der Waals surface area contributed by atoms with E-state index in [2.05, 4.69) is 38.4 Å². The van der Waals surface area contributed by atoms with E-state index < -0.39 is 0 Å². The highest BCUT2D eigenvalue weighted by Crippen LogP contribution is 2.14. The van der Waals surface area contributed by atoms with E-state index >= 15 is 0 Å². The minimum Gasteiger partial charge on any atom is -0.489 e. The molecule has 0 unspecified atom stereocenters. The largest absolute Gasteiger partial charge is 0.489 e. The highest BCUT2D eigenvalue weighted by Gasteiger charge is 2.00. The number of hydrazone groups is 1. The summed E-state index contributed by atoms with van der Waals surface area (Å²) < 4.78 is 6.94. The lowest BCUT2D eigenvalue weighted by atomic mass is 10.2. The van der Waals surface area contributed by atoms with Crippen molar-refractivity contribution in [1.82, 2.24) is 5.43 Å². The second kappa shape index (κ2) is 10.5. The molecule has 0 saturated carbocycles. The van der Waals surface area contributed by atoms with Gasteiger partial charge in [0.05, 0.1) is 12.8 Å². The van der Waals surface area contributed by atoms with E-state index in [0.717, 1.165) is 26.1 Å². The van der Waals surface area contributed by atoms with Gasteiger partial charge in [-0.3, -0.25) is 4.79 Å². The molecule has 0 atom stereocenters.